The standard InChI is InChI=1S/C17H25FN2/c1-19-17(9-12-3-5-14(18)6-4-12)13-10-15-7-8-16(11-13)20(15)2/h3-6,13,15-17,19H,7-11H2,1-2H3. The average molecular weight is 276 g/mol. The Hall–Kier alpha value is -0.930. The fraction of sp³-hybridized carbons (Fsp3) is 0.647. The Morgan fingerprint density at radius 1 is 1.20 bits per heavy atom. The van der Waals surface area contributed by atoms with Gasteiger partial charge in [0.2, 0.25) is 0 Å². The predicted octanol–water partition coefficient (Wildman–Crippen LogP) is 2.83. The molecule has 0 aliphatic carbocycles. The fourth-order valence-corrected chi connectivity index (χ4v) is 4.16. The number of nitrogens with zero attached hydrogens (tertiary/aromatic N) is 1. The smallest absolute Gasteiger partial charge is 0.123 e. The van der Waals surface area contributed by atoms with Crippen molar-refractivity contribution in [3.63, 3.8) is 0 Å². The molecule has 3 unspecified atom stereocenters. The number of likely N-dealkylation sites (N-methyl/N-ethyl adjacent to an activating group) is 1. The second-order valence-corrected chi connectivity index (χ2v) is 6.51. The number of nitrogens with one attached hydrogen (secondary N) is 1. The number of piperidine rings is 1. The molecule has 2 fully saturated rings. The van der Waals surface area contributed by atoms with Crippen molar-refractivity contribution in [2.45, 2.75) is 50.2 Å². The zero-order chi connectivity index (χ0) is 14.1. The molecular formula is C17H25FN2. The SMILES string of the molecule is CNC(Cc1ccc(F)cc1)C1CC2CCC(C1)N2C. The first-order valence-corrected chi connectivity index (χ1v) is 7.81. The van der Waals surface area contributed by atoms with E-state index in [0.717, 1.165) is 24.4 Å². The third kappa shape index (κ3) is 2.75. The van der Waals surface area contributed by atoms with Crippen LogP contribution in [0.15, 0.2) is 24.3 Å². The van der Waals surface area contributed by atoms with Crippen molar-refractivity contribution in [2.75, 3.05) is 14.1 Å². The number of hydrogen-bond acceptors (Lipinski definition) is 2. The van der Waals surface area contributed by atoms with Crippen LogP contribution in [0, 0.1) is 11.7 Å². The van der Waals surface area contributed by atoms with E-state index in [1.54, 1.807) is 12.1 Å². The topological polar surface area (TPSA) is 15.3 Å². The van der Waals surface area contributed by atoms with Crippen molar-refractivity contribution in [1.29, 1.82) is 0 Å². The van der Waals surface area contributed by atoms with Crippen LogP contribution in [0.3, 0.4) is 0 Å². The average Bonchev–Trinajstić information content (AvgIpc) is 2.67. The van der Waals surface area contributed by atoms with E-state index in [-0.39, 0.29) is 5.82 Å². The number of benzene rings is 1. The molecule has 0 aromatic heterocycles. The second-order valence-electron chi connectivity index (χ2n) is 6.51. The molecule has 0 radical (unpaired) electrons. The molecule has 3 atom stereocenters. The van der Waals surface area contributed by atoms with E-state index >= 15 is 0 Å². The Labute approximate surface area is 121 Å². The molecule has 2 heterocycles. The summed E-state index contributed by atoms with van der Waals surface area (Å²) in [4.78, 5) is 2.58. The summed E-state index contributed by atoms with van der Waals surface area (Å²) in [6.07, 6.45) is 6.35. The van der Waals surface area contributed by atoms with Gasteiger partial charge in [0.25, 0.3) is 0 Å². The zero-order valence-corrected chi connectivity index (χ0v) is 12.5. The minimum atomic E-state index is -0.146. The van der Waals surface area contributed by atoms with Crippen molar-refractivity contribution in [3.05, 3.63) is 35.6 Å². The highest BCUT2D eigenvalue weighted by Crippen LogP contribution is 2.39. The van der Waals surface area contributed by atoms with Gasteiger partial charge in [0.05, 0.1) is 0 Å². The van der Waals surface area contributed by atoms with E-state index in [1.807, 2.05) is 12.1 Å². The van der Waals surface area contributed by atoms with Crippen LogP contribution in [0.4, 0.5) is 4.39 Å². The van der Waals surface area contributed by atoms with Crippen molar-refractivity contribution in [3.8, 4) is 0 Å². The molecule has 1 N–H and O–H groups in total. The Morgan fingerprint density at radius 2 is 1.80 bits per heavy atom. The molecule has 2 nitrogen and oxygen atoms in total. The first-order valence-electron chi connectivity index (χ1n) is 7.81. The summed E-state index contributed by atoms with van der Waals surface area (Å²) in [7, 11) is 4.35. The van der Waals surface area contributed by atoms with Crippen LogP contribution in [-0.2, 0) is 6.42 Å². The van der Waals surface area contributed by atoms with Crippen molar-refractivity contribution in [1.82, 2.24) is 10.2 Å². The number of halogens is 1. The van der Waals surface area contributed by atoms with Gasteiger partial charge >= 0.3 is 0 Å². The Kier molecular flexibility index (Phi) is 4.08. The van der Waals surface area contributed by atoms with E-state index in [9.17, 15) is 4.39 Å². The number of hydrogen-bond donors (Lipinski definition) is 1. The van der Waals surface area contributed by atoms with Gasteiger partial charge in [0.15, 0.2) is 0 Å². The summed E-state index contributed by atoms with van der Waals surface area (Å²) in [5.41, 5.74) is 1.23. The summed E-state index contributed by atoms with van der Waals surface area (Å²) >= 11 is 0. The molecule has 0 saturated carbocycles. The van der Waals surface area contributed by atoms with Crippen LogP contribution in [0.25, 0.3) is 0 Å². The van der Waals surface area contributed by atoms with Crippen LogP contribution in [0.5, 0.6) is 0 Å². The molecule has 1 aromatic carbocycles. The third-order valence-corrected chi connectivity index (χ3v) is 5.44. The fourth-order valence-electron chi connectivity index (χ4n) is 4.16. The number of rotatable bonds is 4. The first kappa shape index (κ1) is 14.0. The highest BCUT2D eigenvalue weighted by molar-refractivity contribution is 5.17. The molecule has 2 aliphatic heterocycles. The van der Waals surface area contributed by atoms with Gasteiger partial charge in [-0.05, 0) is 69.8 Å². The van der Waals surface area contributed by atoms with Crippen LogP contribution in [-0.4, -0.2) is 37.1 Å². The highest BCUT2D eigenvalue weighted by Gasteiger charge is 2.40. The van der Waals surface area contributed by atoms with Gasteiger partial charge in [-0.1, -0.05) is 12.1 Å². The maximum absolute atomic E-state index is 13.0. The van der Waals surface area contributed by atoms with Crippen LogP contribution >= 0.6 is 0 Å². The summed E-state index contributed by atoms with van der Waals surface area (Å²) in [5.74, 6) is 0.603. The molecule has 0 amide bonds. The van der Waals surface area contributed by atoms with Gasteiger partial charge in [0, 0.05) is 18.1 Å². The monoisotopic (exact) mass is 276 g/mol. The summed E-state index contributed by atoms with van der Waals surface area (Å²) in [6, 6.07) is 9.05. The van der Waals surface area contributed by atoms with Gasteiger partial charge in [-0.25, -0.2) is 4.39 Å². The Balaban J connectivity index is 1.66. The first-order chi connectivity index (χ1) is 9.67. The van der Waals surface area contributed by atoms with Crippen molar-refractivity contribution >= 4 is 0 Å². The highest BCUT2D eigenvalue weighted by atomic mass is 19.1. The predicted molar refractivity (Wildman–Crippen MR) is 80.2 cm³/mol. The quantitative estimate of drug-likeness (QED) is 0.909. The van der Waals surface area contributed by atoms with Crippen LogP contribution in [0.1, 0.15) is 31.2 Å². The largest absolute Gasteiger partial charge is 0.316 e. The molecule has 3 heteroatoms. The van der Waals surface area contributed by atoms with Crippen molar-refractivity contribution in [2.24, 2.45) is 5.92 Å². The molecule has 110 valence electrons. The van der Waals surface area contributed by atoms with Crippen LogP contribution < -0.4 is 5.32 Å². The van der Waals surface area contributed by atoms with Crippen LogP contribution in [0.2, 0.25) is 0 Å². The Bertz CT molecular complexity index is 431. The van der Waals surface area contributed by atoms with Gasteiger partial charge < -0.3 is 10.2 Å². The van der Waals surface area contributed by atoms with Gasteiger partial charge in [0.1, 0.15) is 5.82 Å². The lowest BCUT2D eigenvalue weighted by atomic mass is 9.82. The minimum absolute atomic E-state index is 0.146. The minimum Gasteiger partial charge on any atom is -0.316 e. The number of fused-ring (bicyclic) bond motifs is 2. The van der Waals surface area contributed by atoms with E-state index in [1.165, 1.54) is 31.2 Å². The lowest BCUT2D eigenvalue weighted by Crippen LogP contribution is -2.47. The zero-order valence-electron chi connectivity index (χ0n) is 12.5. The third-order valence-electron chi connectivity index (χ3n) is 5.44. The normalized spacial score (nSPS) is 31.4. The summed E-state index contributed by atoms with van der Waals surface area (Å²) < 4.78 is 13.0. The lowest BCUT2D eigenvalue weighted by Gasteiger charge is -2.40. The summed E-state index contributed by atoms with van der Waals surface area (Å²) in [6.45, 7) is 0. The molecule has 2 bridgehead atoms. The van der Waals surface area contributed by atoms with Gasteiger partial charge in [-0.2, -0.15) is 0 Å². The van der Waals surface area contributed by atoms with Gasteiger partial charge in [-0.3, -0.25) is 0 Å². The maximum Gasteiger partial charge on any atom is 0.123 e. The maximum atomic E-state index is 13.0. The molecular weight excluding hydrogens is 251 g/mol. The van der Waals surface area contributed by atoms with E-state index in [0.29, 0.717) is 6.04 Å². The van der Waals surface area contributed by atoms with Crippen molar-refractivity contribution < 1.29 is 4.39 Å². The van der Waals surface area contributed by atoms with E-state index < -0.39 is 0 Å². The Morgan fingerprint density at radius 3 is 2.35 bits per heavy atom. The molecule has 1 aromatic rings. The van der Waals surface area contributed by atoms with Gasteiger partial charge in [-0.15, -0.1) is 0 Å². The van der Waals surface area contributed by atoms with E-state index in [4.69, 9.17) is 0 Å². The lowest BCUT2D eigenvalue weighted by molar-refractivity contribution is 0.114. The molecule has 2 aliphatic rings. The molecule has 3 rings (SSSR count). The van der Waals surface area contributed by atoms with E-state index in [2.05, 4.69) is 24.3 Å². The summed E-state index contributed by atoms with van der Waals surface area (Å²) in [5, 5.41) is 3.51. The molecule has 2 saturated heterocycles. The molecule has 20 heavy (non-hydrogen) atoms. The second kappa shape index (κ2) is 5.82. The molecule has 0 spiro atoms.